The van der Waals surface area contributed by atoms with Crippen LogP contribution in [0.1, 0.15) is 12.8 Å². The molecule has 0 radical (unpaired) electrons. The molecule has 0 spiro atoms. The zero-order valence-electron chi connectivity index (χ0n) is 9.78. The fraction of sp³-hybridized carbons (Fsp3) is 0.909. The molecule has 1 fully saturated rings. The van der Waals surface area contributed by atoms with Gasteiger partial charge in [0.2, 0.25) is 0 Å². The van der Waals surface area contributed by atoms with Crippen LogP contribution in [0.25, 0.3) is 0 Å². The number of alkyl halides is 2. The van der Waals surface area contributed by atoms with Crippen LogP contribution >= 0.6 is 0 Å². The van der Waals surface area contributed by atoms with E-state index < -0.39 is 6.43 Å². The second-order valence-corrected chi connectivity index (χ2v) is 4.46. The van der Waals surface area contributed by atoms with Crippen LogP contribution in [0.5, 0.6) is 0 Å². The topological polar surface area (TPSA) is 59.3 Å². The van der Waals surface area contributed by atoms with Crippen LogP contribution in [0.15, 0.2) is 0 Å². The normalized spacial score (nSPS) is 26.1. The third-order valence-electron chi connectivity index (χ3n) is 3.01. The van der Waals surface area contributed by atoms with E-state index in [1.165, 1.54) is 0 Å². The molecule has 0 aromatic heterocycles. The van der Waals surface area contributed by atoms with Crippen molar-refractivity contribution >= 4 is 0 Å². The van der Waals surface area contributed by atoms with Crippen LogP contribution < -0.4 is 5.32 Å². The number of piperidine rings is 1. The number of rotatable bonds is 6. The predicted molar refractivity (Wildman–Crippen MR) is 59.7 cm³/mol. The minimum absolute atomic E-state index is 0.0114. The zero-order chi connectivity index (χ0) is 12.7. The van der Waals surface area contributed by atoms with Gasteiger partial charge in [0.1, 0.15) is 0 Å². The SMILES string of the molecule is N#CCN1CC(CCO)CC(NCC(F)F)C1. The lowest BCUT2D eigenvalue weighted by Gasteiger charge is -2.37. The third kappa shape index (κ3) is 5.39. The van der Waals surface area contributed by atoms with Crippen molar-refractivity contribution in [2.75, 3.05) is 32.8 Å². The number of nitrogens with one attached hydrogen (secondary N) is 1. The smallest absolute Gasteiger partial charge is 0.250 e. The number of aliphatic hydroxyl groups is 1. The van der Waals surface area contributed by atoms with E-state index in [9.17, 15) is 8.78 Å². The van der Waals surface area contributed by atoms with Crippen LogP contribution in [0.4, 0.5) is 8.78 Å². The van der Waals surface area contributed by atoms with Gasteiger partial charge in [-0.15, -0.1) is 0 Å². The number of likely N-dealkylation sites (tertiary alicyclic amines) is 1. The van der Waals surface area contributed by atoms with Crippen LogP contribution in [0.3, 0.4) is 0 Å². The van der Waals surface area contributed by atoms with Crippen molar-refractivity contribution < 1.29 is 13.9 Å². The second-order valence-electron chi connectivity index (χ2n) is 4.46. The van der Waals surface area contributed by atoms with Crippen molar-refractivity contribution in [1.29, 1.82) is 5.26 Å². The molecule has 2 unspecified atom stereocenters. The maximum Gasteiger partial charge on any atom is 0.250 e. The summed E-state index contributed by atoms with van der Waals surface area (Å²) in [4.78, 5) is 1.95. The number of nitrogens with zero attached hydrogens (tertiary/aromatic N) is 2. The fourth-order valence-corrected chi connectivity index (χ4v) is 2.33. The summed E-state index contributed by atoms with van der Waals surface area (Å²) in [5.41, 5.74) is 0. The molecule has 0 bridgehead atoms. The Bertz CT molecular complexity index is 258. The van der Waals surface area contributed by atoms with Gasteiger partial charge in [-0.05, 0) is 18.8 Å². The lowest BCUT2D eigenvalue weighted by atomic mass is 9.91. The molecule has 1 rings (SSSR count). The molecule has 0 aromatic carbocycles. The molecular formula is C11H19F2N3O. The first-order chi connectivity index (χ1) is 8.15. The van der Waals surface area contributed by atoms with E-state index in [2.05, 4.69) is 11.4 Å². The second kappa shape index (κ2) is 7.54. The summed E-state index contributed by atoms with van der Waals surface area (Å²) in [7, 11) is 0. The van der Waals surface area contributed by atoms with Crippen molar-refractivity contribution in [1.82, 2.24) is 10.2 Å². The highest BCUT2D eigenvalue weighted by molar-refractivity contribution is 4.87. The van der Waals surface area contributed by atoms with E-state index in [1.54, 1.807) is 0 Å². The molecule has 4 nitrogen and oxygen atoms in total. The minimum Gasteiger partial charge on any atom is -0.396 e. The molecule has 2 atom stereocenters. The Kier molecular flexibility index (Phi) is 6.34. The molecule has 0 aromatic rings. The fourth-order valence-electron chi connectivity index (χ4n) is 2.33. The maximum atomic E-state index is 12.1. The Labute approximate surface area is 100 Å². The molecule has 0 aliphatic carbocycles. The number of hydrogen-bond acceptors (Lipinski definition) is 4. The molecule has 1 saturated heterocycles. The Morgan fingerprint density at radius 2 is 2.24 bits per heavy atom. The first kappa shape index (κ1) is 14.3. The standard InChI is InChI=1S/C11H19F2N3O/c12-11(13)6-15-10-5-9(1-4-17)7-16(8-10)3-2-14/h9-11,15,17H,1,3-8H2. The molecule has 98 valence electrons. The summed E-state index contributed by atoms with van der Waals surface area (Å²) >= 11 is 0. The van der Waals surface area contributed by atoms with Gasteiger partial charge in [0.15, 0.2) is 0 Å². The Balaban J connectivity index is 2.43. The van der Waals surface area contributed by atoms with Crippen molar-refractivity contribution in [2.24, 2.45) is 5.92 Å². The van der Waals surface area contributed by atoms with Crippen LogP contribution in [-0.4, -0.2) is 55.3 Å². The monoisotopic (exact) mass is 247 g/mol. The zero-order valence-corrected chi connectivity index (χ0v) is 9.78. The highest BCUT2D eigenvalue weighted by Crippen LogP contribution is 2.19. The first-order valence-corrected chi connectivity index (χ1v) is 5.87. The van der Waals surface area contributed by atoms with Gasteiger partial charge in [0.25, 0.3) is 6.43 Å². The van der Waals surface area contributed by atoms with Gasteiger partial charge in [-0.2, -0.15) is 5.26 Å². The van der Waals surface area contributed by atoms with Gasteiger partial charge in [0.05, 0.1) is 19.2 Å². The predicted octanol–water partition coefficient (Wildman–Crippen LogP) is 0.438. The van der Waals surface area contributed by atoms with Crippen LogP contribution in [0.2, 0.25) is 0 Å². The summed E-state index contributed by atoms with van der Waals surface area (Å²) in [5, 5.41) is 20.4. The number of halogens is 2. The highest BCUT2D eigenvalue weighted by atomic mass is 19.3. The van der Waals surface area contributed by atoms with Gasteiger partial charge in [-0.1, -0.05) is 0 Å². The third-order valence-corrected chi connectivity index (χ3v) is 3.01. The van der Waals surface area contributed by atoms with Gasteiger partial charge < -0.3 is 10.4 Å². The van der Waals surface area contributed by atoms with Gasteiger partial charge in [0, 0.05) is 25.7 Å². The summed E-state index contributed by atoms with van der Waals surface area (Å²) in [5.74, 6) is 0.275. The van der Waals surface area contributed by atoms with E-state index in [0.717, 1.165) is 13.0 Å². The Morgan fingerprint density at radius 1 is 1.47 bits per heavy atom. The molecule has 17 heavy (non-hydrogen) atoms. The molecule has 2 N–H and O–H groups in total. The summed E-state index contributed by atoms with van der Waals surface area (Å²) in [6.07, 6.45) is -0.901. The van der Waals surface area contributed by atoms with Crippen LogP contribution in [0, 0.1) is 17.2 Å². The van der Waals surface area contributed by atoms with Crippen molar-refractivity contribution in [2.45, 2.75) is 25.3 Å². The van der Waals surface area contributed by atoms with E-state index in [1.807, 2.05) is 4.90 Å². The lowest BCUT2D eigenvalue weighted by Crippen LogP contribution is -2.50. The van der Waals surface area contributed by atoms with E-state index >= 15 is 0 Å². The lowest BCUT2D eigenvalue weighted by molar-refractivity contribution is 0.106. The van der Waals surface area contributed by atoms with Crippen molar-refractivity contribution in [3.8, 4) is 6.07 Å². The van der Waals surface area contributed by atoms with Gasteiger partial charge in [-0.3, -0.25) is 4.90 Å². The molecule has 1 heterocycles. The van der Waals surface area contributed by atoms with Crippen molar-refractivity contribution in [3.05, 3.63) is 0 Å². The average molecular weight is 247 g/mol. The number of aliphatic hydroxyl groups excluding tert-OH is 1. The molecule has 6 heteroatoms. The average Bonchev–Trinajstić information content (AvgIpc) is 2.27. The largest absolute Gasteiger partial charge is 0.396 e. The van der Waals surface area contributed by atoms with E-state index in [-0.39, 0.29) is 25.1 Å². The first-order valence-electron chi connectivity index (χ1n) is 5.87. The molecular weight excluding hydrogens is 228 g/mol. The summed E-state index contributed by atoms with van der Waals surface area (Å²) in [6, 6.07) is 2.06. The minimum atomic E-state index is -2.35. The van der Waals surface area contributed by atoms with Gasteiger partial charge >= 0.3 is 0 Å². The number of nitriles is 1. The molecule has 1 aliphatic heterocycles. The summed E-state index contributed by atoms with van der Waals surface area (Å²) < 4.78 is 24.2. The highest BCUT2D eigenvalue weighted by Gasteiger charge is 2.26. The maximum absolute atomic E-state index is 12.1. The van der Waals surface area contributed by atoms with Gasteiger partial charge in [-0.25, -0.2) is 8.78 Å². The molecule has 0 amide bonds. The van der Waals surface area contributed by atoms with E-state index in [0.29, 0.717) is 19.5 Å². The number of hydrogen-bond donors (Lipinski definition) is 2. The van der Waals surface area contributed by atoms with Crippen LogP contribution in [-0.2, 0) is 0 Å². The Hall–Kier alpha value is -0.770. The summed E-state index contributed by atoms with van der Waals surface area (Å²) in [6.45, 7) is 1.50. The van der Waals surface area contributed by atoms with E-state index in [4.69, 9.17) is 10.4 Å². The molecule has 1 aliphatic rings. The molecule has 0 saturated carbocycles. The quantitative estimate of drug-likeness (QED) is 0.669. The van der Waals surface area contributed by atoms with Crippen molar-refractivity contribution in [3.63, 3.8) is 0 Å². The Morgan fingerprint density at radius 3 is 2.82 bits per heavy atom.